The van der Waals surface area contributed by atoms with Gasteiger partial charge in [0.2, 0.25) is 0 Å². The first kappa shape index (κ1) is 12.3. The molecule has 1 N–H and O–H groups in total. The van der Waals surface area contributed by atoms with Gasteiger partial charge >= 0.3 is 0 Å². The highest BCUT2D eigenvalue weighted by Gasteiger charge is 2.18. The van der Waals surface area contributed by atoms with Gasteiger partial charge in [0.25, 0.3) is 0 Å². The van der Waals surface area contributed by atoms with E-state index in [-0.39, 0.29) is 0 Å². The number of likely N-dealkylation sites (tertiary alicyclic amines) is 1. The maximum Gasteiger partial charge on any atom is 0.129 e. The van der Waals surface area contributed by atoms with E-state index in [1.807, 2.05) is 6.07 Å². The molecule has 0 bridgehead atoms. The van der Waals surface area contributed by atoms with Crippen LogP contribution in [-0.4, -0.2) is 54.3 Å². The molecule has 0 radical (unpaired) electrons. The predicted octanol–water partition coefficient (Wildman–Crippen LogP) is 0.999. The van der Waals surface area contributed by atoms with Gasteiger partial charge in [-0.25, -0.2) is 9.97 Å². The average molecular weight is 236 g/mol. The van der Waals surface area contributed by atoms with Crippen molar-refractivity contribution in [3.63, 3.8) is 0 Å². The van der Waals surface area contributed by atoms with Crippen LogP contribution < -0.4 is 5.32 Å². The third-order valence-corrected chi connectivity index (χ3v) is 3.13. The molecule has 0 aliphatic carbocycles. The summed E-state index contributed by atoms with van der Waals surface area (Å²) in [4.78, 5) is 10.5. The quantitative estimate of drug-likeness (QED) is 0.826. The van der Waals surface area contributed by atoms with Gasteiger partial charge in [-0.2, -0.15) is 0 Å². The average Bonchev–Trinajstić information content (AvgIpc) is 2.39. The second-order valence-electron chi connectivity index (χ2n) is 4.35. The lowest BCUT2D eigenvalue weighted by atomic mass is 10.1. The van der Waals surface area contributed by atoms with Crippen LogP contribution in [-0.2, 0) is 4.74 Å². The molecular formula is C12H20N4O. The SMILES string of the molecule is COCCN1CCC(Nc2ccncn2)CC1. The number of nitrogens with one attached hydrogen (secondary N) is 1. The fraction of sp³-hybridized carbons (Fsp3) is 0.667. The molecule has 1 aromatic rings. The van der Waals surface area contributed by atoms with Gasteiger partial charge in [0, 0.05) is 39.0 Å². The number of methoxy groups -OCH3 is 1. The summed E-state index contributed by atoms with van der Waals surface area (Å²) in [5.41, 5.74) is 0. The summed E-state index contributed by atoms with van der Waals surface area (Å²) in [6.45, 7) is 4.12. The van der Waals surface area contributed by atoms with Crippen molar-refractivity contribution in [3.05, 3.63) is 18.6 Å². The molecule has 1 aliphatic heterocycles. The van der Waals surface area contributed by atoms with E-state index in [0.717, 1.165) is 44.9 Å². The zero-order valence-corrected chi connectivity index (χ0v) is 10.3. The Morgan fingerprint density at radius 1 is 1.47 bits per heavy atom. The molecule has 1 aromatic heterocycles. The van der Waals surface area contributed by atoms with Gasteiger partial charge in [0.15, 0.2) is 0 Å². The zero-order chi connectivity index (χ0) is 11.9. The van der Waals surface area contributed by atoms with Gasteiger partial charge < -0.3 is 15.0 Å². The largest absolute Gasteiger partial charge is 0.383 e. The van der Waals surface area contributed by atoms with E-state index in [2.05, 4.69) is 20.2 Å². The topological polar surface area (TPSA) is 50.3 Å². The van der Waals surface area contributed by atoms with Gasteiger partial charge in [0.05, 0.1) is 6.61 Å². The van der Waals surface area contributed by atoms with Crippen LogP contribution in [0.4, 0.5) is 5.82 Å². The number of hydrogen-bond donors (Lipinski definition) is 1. The Hall–Kier alpha value is -1.20. The van der Waals surface area contributed by atoms with Crippen LogP contribution in [0.1, 0.15) is 12.8 Å². The van der Waals surface area contributed by atoms with Crippen LogP contribution in [0.2, 0.25) is 0 Å². The molecule has 1 fully saturated rings. The smallest absolute Gasteiger partial charge is 0.129 e. The van der Waals surface area contributed by atoms with E-state index < -0.39 is 0 Å². The van der Waals surface area contributed by atoms with Crippen molar-refractivity contribution in [2.24, 2.45) is 0 Å². The Kier molecular flexibility index (Phi) is 4.70. The first-order valence-corrected chi connectivity index (χ1v) is 6.12. The van der Waals surface area contributed by atoms with E-state index in [1.54, 1.807) is 19.6 Å². The highest BCUT2D eigenvalue weighted by Crippen LogP contribution is 2.14. The monoisotopic (exact) mass is 236 g/mol. The molecule has 94 valence electrons. The molecule has 5 heteroatoms. The molecule has 0 atom stereocenters. The van der Waals surface area contributed by atoms with E-state index in [0.29, 0.717) is 6.04 Å². The van der Waals surface area contributed by atoms with Crippen LogP contribution in [0.15, 0.2) is 18.6 Å². The summed E-state index contributed by atoms with van der Waals surface area (Å²) in [6, 6.07) is 2.45. The lowest BCUT2D eigenvalue weighted by Crippen LogP contribution is -2.40. The lowest BCUT2D eigenvalue weighted by Gasteiger charge is -2.32. The van der Waals surface area contributed by atoms with Gasteiger partial charge in [-0.1, -0.05) is 0 Å². The van der Waals surface area contributed by atoms with Crippen LogP contribution >= 0.6 is 0 Å². The highest BCUT2D eigenvalue weighted by molar-refractivity contribution is 5.33. The fourth-order valence-corrected chi connectivity index (χ4v) is 2.11. The fourth-order valence-electron chi connectivity index (χ4n) is 2.11. The van der Waals surface area contributed by atoms with Gasteiger partial charge in [0.1, 0.15) is 12.1 Å². The van der Waals surface area contributed by atoms with Crippen molar-refractivity contribution in [1.82, 2.24) is 14.9 Å². The summed E-state index contributed by atoms with van der Waals surface area (Å²) < 4.78 is 5.09. The molecule has 0 spiro atoms. The molecule has 1 aliphatic rings. The molecule has 0 amide bonds. The van der Waals surface area contributed by atoms with Crippen molar-refractivity contribution in [2.45, 2.75) is 18.9 Å². The summed E-state index contributed by atoms with van der Waals surface area (Å²) in [5, 5.41) is 3.45. The van der Waals surface area contributed by atoms with Crippen LogP contribution in [0.25, 0.3) is 0 Å². The van der Waals surface area contributed by atoms with Crippen LogP contribution in [0, 0.1) is 0 Å². The maximum atomic E-state index is 5.09. The Bertz CT molecular complexity index is 312. The minimum Gasteiger partial charge on any atom is -0.383 e. The molecular weight excluding hydrogens is 216 g/mol. The highest BCUT2D eigenvalue weighted by atomic mass is 16.5. The van der Waals surface area contributed by atoms with Gasteiger partial charge in [-0.05, 0) is 18.9 Å². The van der Waals surface area contributed by atoms with Crippen molar-refractivity contribution in [1.29, 1.82) is 0 Å². The second kappa shape index (κ2) is 6.51. The van der Waals surface area contributed by atoms with E-state index in [1.165, 1.54) is 0 Å². The number of anilines is 1. The van der Waals surface area contributed by atoms with Crippen molar-refractivity contribution in [3.8, 4) is 0 Å². The van der Waals surface area contributed by atoms with E-state index in [4.69, 9.17) is 4.74 Å². The molecule has 2 rings (SSSR count). The number of ether oxygens (including phenoxy) is 1. The summed E-state index contributed by atoms with van der Waals surface area (Å²) >= 11 is 0. The molecule has 17 heavy (non-hydrogen) atoms. The van der Waals surface area contributed by atoms with E-state index in [9.17, 15) is 0 Å². The third-order valence-electron chi connectivity index (χ3n) is 3.13. The number of hydrogen-bond acceptors (Lipinski definition) is 5. The van der Waals surface area contributed by atoms with Crippen LogP contribution in [0.3, 0.4) is 0 Å². The van der Waals surface area contributed by atoms with E-state index >= 15 is 0 Å². The number of aromatic nitrogens is 2. The Balaban J connectivity index is 1.72. The Labute approximate surface area is 102 Å². The third kappa shape index (κ3) is 3.94. The normalized spacial score (nSPS) is 18.2. The molecule has 5 nitrogen and oxygen atoms in total. The van der Waals surface area contributed by atoms with Crippen LogP contribution in [0.5, 0.6) is 0 Å². The number of rotatable bonds is 5. The molecule has 0 aromatic carbocycles. The predicted molar refractivity (Wildman–Crippen MR) is 67.0 cm³/mol. The number of nitrogens with zero attached hydrogens (tertiary/aromatic N) is 3. The second-order valence-corrected chi connectivity index (χ2v) is 4.35. The summed E-state index contributed by atoms with van der Waals surface area (Å²) in [7, 11) is 1.75. The van der Waals surface area contributed by atoms with Crippen molar-refractivity contribution in [2.75, 3.05) is 38.7 Å². The van der Waals surface area contributed by atoms with Gasteiger partial charge in [-0.3, -0.25) is 0 Å². The Morgan fingerprint density at radius 3 is 2.94 bits per heavy atom. The molecule has 0 unspecified atom stereocenters. The minimum atomic E-state index is 0.531. The molecule has 1 saturated heterocycles. The zero-order valence-electron chi connectivity index (χ0n) is 10.3. The van der Waals surface area contributed by atoms with Gasteiger partial charge in [-0.15, -0.1) is 0 Å². The standard InChI is InChI=1S/C12H20N4O/c1-17-9-8-16-6-3-11(4-7-16)15-12-2-5-13-10-14-12/h2,5,10-11H,3-4,6-9H2,1H3,(H,13,14,15). The van der Waals surface area contributed by atoms with Crippen molar-refractivity contribution >= 4 is 5.82 Å². The first-order chi connectivity index (χ1) is 8.38. The Morgan fingerprint density at radius 2 is 2.29 bits per heavy atom. The number of piperidine rings is 1. The maximum absolute atomic E-state index is 5.09. The lowest BCUT2D eigenvalue weighted by molar-refractivity contribution is 0.132. The minimum absolute atomic E-state index is 0.531. The molecule has 2 heterocycles. The molecule has 0 saturated carbocycles. The first-order valence-electron chi connectivity index (χ1n) is 6.12. The van der Waals surface area contributed by atoms with Crippen molar-refractivity contribution < 1.29 is 4.74 Å². The summed E-state index contributed by atoms with van der Waals surface area (Å²) in [6.07, 6.45) is 5.67. The summed E-state index contributed by atoms with van der Waals surface area (Å²) in [5.74, 6) is 0.926.